The second kappa shape index (κ2) is 8.31. The molecule has 0 aliphatic heterocycles. The van der Waals surface area contributed by atoms with E-state index in [0.29, 0.717) is 18.9 Å². The molecule has 0 aliphatic rings. The molecular weight excluding hydrogens is 322 g/mol. The van der Waals surface area contributed by atoms with Crippen molar-refractivity contribution in [1.29, 1.82) is 0 Å². The molecular formula is C18H17N3O2S. The van der Waals surface area contributed by atoms with Gasteiger partial charge in [0.1, 0.15) is 17.4 Å². The number of nitrogens with zero attached hydrogens (tertiary/aromatic N) is 2. The molecule has 0 radical (unpaired) electrons. The zero-order chi connectivity index (χ0) is 16.6. The van der Waals surface area contributed by atoms with Gasteiger partial charge >= 0.3 is 0 Å². The van der Waals surface area contributed by atoms with Gasteiger partial charge in [0.05, 0.1) is 18.5 Å². The summed E-state index contributed by atoms with van der Waals surface area (Å²) >= 11 is 1.39. The Morgan fingerprint density at radius 1 is 1.08 bits per heavy atom. The van der Waals surface area contributed by atoms with Gasteiger partial charge in [-0.3, -0.25) is 4.79 Å². The van der Waals surface area contributed by atoms with E-state index >= 15 is 0 Å². The number of nitrogens with one attached hydrogen (secondary N) is 1. The minimum absolute atomic E-state index is 0.0496. The maximum absolute atomic E-state index is 11.9. The molecule has 24 heavy (non-hydrogen) atoms. The van der Waals surface area contributed by atoms with E-state index in [1.807, 2.05) is 54.6 Å². The Labute approximate surface area is 144 Å². The van der Waals surface area contributed by atoms with Crippen LogP contribution in [0.15, 0.2) is 65.8 Å². The first kappa shape index (κ1) is 16.3. The van der Waals surface area contributed by atoms with Crippen molar-refractivity contribution >= 4 is 28.4 Å². The van der Waals surface area contributed by atoms with Crippen LogP contribution >= 0.6 is 11.8 Å². The van der Waals surface area contributed by atoms with Crippen molar-refractivity contribution in [2.24, 2.45) is 0 Å². The van der Waals surface area contributed by atoms with Crippen molar-refractivity contribution in [2.75, 3.05) is 18.9 Å². The predicted octanol–water partition coefficient (Wildman–Crippen LogP) is 2.92. The van der Waals surface area contributed by atoms with Gasteiger partial charge in [-0.15, -0.1) is 5.10 Å². The second-order valence-electron chi connectivity index (χ2n) is 5.04. The predicted molar refractivity (Wildman–Crippen MR) is 95.2 cm³/mol. The monoisotopic (exact) mass is 339 g/mol. The summed E-state index contributed by atoms with van der Waals surface area (Å²) in [6.07, 6.45) is 1.72. The first-order chi connectivity index (χ1) is 11.8. The molecule has 2 aromatic carbocycles. The molecule has 0 bridgehead atoms. The maximum atomic E-state index is 11.9. The van der Waals surface area contributed by atoms with Gasteiger partial charge < -0.3 is 10.1 Å². The first-order valence-electron chi connectivity index (χ1n) is 7.61. The van der Waals surface area contributed by atoms with Crippen LogP contribution in [-0.4, -0.2) is 35.0 Å². The van der Waals surface area contributed by atoms with Crippen LogP contribution < -0.4 is 10.1 Å². The van der Waals surface area contributed by atoms with Crippen LogP contribution in [0, 0.1) is 0 Å². The molecule has 3 rings (SSSR count). The molecule has 1 amide bonds. The number of para-hydroxylation sites is 1. The van der Waals surface area contributed by atoms with Crippen molar-refractivity contribution < 1.29 is 9.53 Å². The van der Waals surface area contributed by atoms with Crippen molar-refractivity contribution in [3.05, 3.63) is 60.8 Å². The van der Waals surface area contributed by atoms with Crippen molar-refractivity contribution in [2.45, 2.75) is 5.03 Å². The summed E-state index contributed by atoms with van der Waals surface area (Å²) in [5.74, 6) is 1.05. The van der Waals surface area contributed by atoms with Crippen LogP contribution in [0.25, 0.3) is 10.8 Å². The van der Waals surface area contributed by atoms with Gasteiger partial charge in [-0.1, -0.05) is 54.2 Å². The van der Waals surface area contributed by atoms with Crippen LogP contribution in [0.2, 0.25) is 0 Å². The van der Waals surface area contributed by atoms with Crippen LogP contribution in [0.4, 0.5) is 0 Å². The second-order valence-corrected chi connectivity index (χ2v) is 6.00. The number of benzene rings is 2. The Bertz CT molecular complexity index is 806. The van der Waals surface area contributed by atoms with Crippen LogP contribution in [-0.2, 0) is 4.79 Å². The fourth-order valence-corrected chi connectivity index (χ4v) is 2.99. The molecule has 0 saturated heterocycles. The van der Waals surface area contributed by atoms with Crippen LogP contribution in [0.5, 0.6) is 5.75 Å². The lowest BCUT2D eigenvalue weighted by Crippen LogP contribution is -2.29. The lowest BCUT2D eigenvalue weighted by atomic mass is 10.2. The smallest absolute Gasteiger partial charge is 0.230 e. The Morgan fingerprint density at radius 3 is 2.75 bits per heavy atom. The third-order valence-corrected chi connectivity index (χ3v) is 4.29. The topological polar surface area (TPSA) is 64.1 Å². The maximum Gasteiger partial charge on any atom is 0.230 e. The largest absolute Gasteiger partial charge is 0.492 e. The number of hydrogen-bond acceptors (Lipinski definition) is 5. The normalized spacial score (nSPS) is 10.5. The van der Waals surface area contributed by atoms with Gasteiger partial charge in [-0.25, -0.2) is 0 Å². The number of carbonyl (C=O) groups excluding carboxylic acids is 1. The molecule has 0 unspecified atom stereocenters. The Morgan fingerprint density at radius 2 is 1.88 bits per heavy atom. The van der Waals surface area contributed by atoms with E-state index in [-0.39, 0.29) is 5.91 Å². The summed E-state index contributed by atoms with van der Waals surface area (Å²) in [5.41, 5.74) is 0. The van der Waals surface area contributed by atoms with Crippen molar-refractivity contribution in [3.8, 4) is 5.75 Å². The molecule has 0 aliphatic carbocycles. The standard InChI is InChI=1S/C18H17N3O2S/c22-17(19-10-11-23-15-7-2-1-3-8-15)13-24-18-16-9-5-4-6-14(16)12-20-21-18/h1-9,12H,10-11,13H2,(H,19,22). The highest BCUT2D eigenvalue weighted by Crippen LogP contribution is 2.24. The van der Waals surface area contributed by atoms with E-state index in [1.165, 1.54) is 11.8 Å². The number of amides is 1. The molecule has 1 aromatic heterocycles. The molecule has 122 valence electrons. The van der Waals surface area contributed by atoms with E-state index in [1.54, 1.807) is 6.20 Å². The number of thioether (sulfide) groups is 1. The molecule has 5 nitrogen and oxygen atoms in total. The highest BCUT2D eigenvalue weighted by atomic mass is 32.2. The average molecular weight is 339 g/mol. The van der Waals surface area contributed by atoms with Crippen LogP contribution in [0.1, 0.15) is 0 Å². The fraction of sp³-hybridized carbons (Fsp3) is 0.167. The van der Waals surface area contributed by atoms with Gasteiger partial charge in [-0.2, -0.15) is 5.10 Å². The summed E-state index contributed by atoms with van der Waals surface area (Å²) in [7, 11) is 0. The van der Waals surface area contributed by atoms with Crippen molar-refractivity contribution in [3.63, 3.8) is 0 Å². The highest BCUT2D eigenvalue weighted by molar-refractivity contribution is 8.00. The summed E-state index contributed by atoms with van der Waals surface area (Å²) in [6.45, 7) is 0.907. The molecule has 0 spiro atoms. The molecule has 1 heterocycles. The molecule has 1 N–H and O–H groups in total. The number of carbonyl (C=O) groups is 1. The third-order valence-electron chi connectivity index (χ3n) is 3.31. The molecule has 0 fully saturated rings. The Balaban J connectivity index is 1.44. The van der Waals surface area contributed by atoms with Gasteiger partial charge in [0.15, 0.2) is 0 Å². The number of hydrogen-bond donors (Lipinski definition) is 1. The fourth-order valence-electron chi connectivity index (χ4n) is 2.17. The lowest BCUT2D eigenvalue weighted by molar-refractivity contribution is -0.118. The van der Waals surface area contributed by atoms with E-state index in [0.717, 1.165) is 21.5 Å². The quantitative estimate of drug-likeness (QED) is 0.530. The number of ether oxygens (including phenoxy) is 1. The summed E-state index contributed by atoms with van der Waals surface area (Å²) in [5, 5.41) is 13.7. The van der Waals surface area contributed by atoms with Gasteiger partial charge in [-0.05, 0) is 12.1 Å². The minimum Gasteiger partial charge on any atom is -0.492 e. The van der Waals surface area contributed by atoms with E-state index in [4.69, 9.17) is 4.74 Å². The zero-order valence-corrected chi connectivity index (χ0v) is 13.8. The molecule has 3 aromatic rings. The molecule has 6 heteroatoms. The average Bonchev–Trinajstić information content (AvgIpc) is 2.64. The first-order valence-corrected chi connectivity index (χ1v) is 8.59. The SMILES string of the molecule is O=C(CSc1nncc2ccccc12)NCCOc1ccccc1. The molecule has 0 atom stereocenters. The third kappa shape index (κ3) is 4.45. The molecule has 0 saturated carbocycles. The van der Waals surface area contributed by atoms with Gasteiger partial charge in [0, 0.05) is 10.8 Å². The van der Waals surface area contributed by atoms with E-state index in [9.17, 15) is 4.79 Å². The number of fused-ring (bicyclic) bond motifs is 1. The number of rotatable bonds is 7. The Hall–Kier alpha value is -2.60. The Kier molecular flexibility index (Phi) is 5.63. The van der Waals surface area contributed by atoms with Gasteiger partial charge in [0.25, 0.3) is 0 Å². The lowest BCUT2D eigenvalue weighted by Gasteiger charge is -2.08. The summed E-state index contributed by atoms with van der Waals surface area (Å²) in [4.78, 5) is 11.9. The minimum atomic E-state index is -0.0496. The van der Waals surface area contributed by atoms with Gasteiger partial charge in [0.2, 0.25) is 5.91 Å². The highest BCUT2D eigenvalue weighted by Gasteiger charge is 2.07. The zero-order valence-electron chi connectivity index (χ0n) is 13.0. The summed E-state index contributed by atoms with van der Waals surface area (Å²) in [6, 6.07) is 17.4. The van der Waals surface area contributed by atoms with E-state index < -0.39 is 0 Å². The van der Waals surface area contributed by atoms with Crippen LogP contribution in [0.3, 0.4) is 0 Å². The van der Waals surface area contributed by atoms with E-state index in [2.05, 4.69) is 15.5 Å². The number of aromatic nitrogens is 2. The summed E-state index contributed by atoms with van der Waals surface area (Å²) < 4.78 is 5.53. The van der Waals surface area contributed by atoms with Crippen molar-refractivity contribution in [1.82, 2.24) is 15.5 Å².